The fraction of sp³-hybridized carbons (Fsp3) is 0.0769. The molecule has 110 valence electrons. The number of nitrogens with zero attached hydrogens (tertiary/aromatic N) is 1. The van der Waals surface area contributed by atoms with E-state index in [1.54, 1.807) is 13.0 Å². The van der Waals surface area contributed by atoms with Crippen LogP contribution in [0.2, 0.25) is 5.02 Å². The predicted octanol–water partition coefficient (Wildman–Crippen LogP) is 2.54. The van der Waals surface area contributed by atoms with Crippen LogP contribution in [0, 0.1) is 6.92 Å². The van der Waals surface area contributed by atoms with Crippen molar-refractivity contribution in [2.45, 2.75) is 11.8 Å². The lowest BCUT2D eigenvalue weighted by molar-refractivity contribution is 0.0697. The molecular weight excluding hydrogens is 316 g/mol. The highest BCUT2D eigenvalue weighted by Crippen LogP contribution is 2.23. The number of carbonyl (C=O) groups is 1. The maximum absolute atomic E-state index is 12.2. The van der Waals surface area contributed by atoms with Crippen molar-refractivity contribution in [2.75, 3.05) is 4.72 Å². The summed E-state index contributed by atoms with van der Waals surface area (Å²) in [7, 11) is -3.85. The zero-order valence-corrected chi connectivity index (χ0v) is 12.4. The van der Waals surface area contributed by atoms with Crippen molar-refractivity contribution in [1.29, 1.82) is 0 Å². The number of carboxylic acids is 1. The third kappa shape index (κ3) is 3.50. The molecule has 0 aliphatic carbocycles. The van der Waals surface area contributed by atoms with E-state index in [2.05, 4.69) is 9.71 Å². The standard InChI is InChI=1S/C13H11ClN2O4S/c1-8-6-9(4-5-15-8)16-21(19,20)10-2-3-11(13(17)18)12(14)7-10/h2-7H,1H3,(H,15,16)(H,17,18). The largest absolute Gasteiger partial charge is 0.478 e. The number of pyridine rings is 1. The molecule has 0 aliphatic heterocycles. The molecule has 2 rings (SSSR count). The number of aromatic nitrogens is 1. The van der Waals surface area contributed by atoms with Crippen LogP contribution in [0.5, 0.6) is 0 Å². The summed E-state index contributed by atoms with van der Waals surface area (Å²) in [5.74, 6) is -1.22. The lowest BCUT2D eigenvalue weighted by atomic mass is 10.2. The van der Waals surface area contributed by atoms with Crippen molar-refractivity contribution in [2.24, 2.45) is 0 Å². The van der Waals surface area contributed by atoms with Crippen molar-refractivity contribution >= 4 is 33.3 Å². The van der Waals surface area contributed by atoms with Crippen LogP contribution in [0.1, 0.15) is 16.1 Å². The fourth-order valence-corrected chi connectivity index (χ4v) is 3.06. The second-order valence-electron chi connectivity index (χ2n) is 4.24. The summed E-state index contributed by atoms with van der Waals surface area (Å²) in [6.45, 7) is 1.73. The number of hydrogen-bond donors (Lipinski definition) is 2. The van der Waals surface area contributed by atoms with E-state index in [9.17, 15) is 13.2 Å². The number of halogens is 1. The first-order valence-electron chi connectivity index (χ1n) is 5.78. The van der Waals surface area contributed by atoms with E-state index in [4.69, 9.17) is 16.7 Å². The molecule has 0 saturated carbocycles. The number of rotatable bonds is 4. The summed E-state index contributed by atoms with van der Waals surface area (Å²) in [6.07, 6.45) is 1.48. The molecule has 8 heteroatoms. The average Bonchev–Trinajstić information content (AvgIpc) is 2.37. The number of sulfonamides is 1. The second kappa shape index (κ2) is 5.71. The number of aryl methyl sites for hydroxylation is 1. The topological polar surface area (TPSA) is 96.4 Å². The Balaban J connectivity index is 2.36. The first kappa shape index (κ1) is 15.3. The minimum absolute atomic E-state index is 0.119. The molecule has 6 nitrogen and oxygen atoms in total. The molecule has 0 unspecified atom stereocenters. The number of anilines is 1. The van der Waals surface area contributed by atoms with Gasteiger partial charge in [0, 0.05) is 11.9 Å². The van der Waals surface area contributed by atoms with Crippen LogP contribution >= 0.6 is 11.6 Å². The van der Waals surface area contributed by atoms with Gasteiger partial charge in [-0.1, -0.05) is 11.6 Å². The van der Waals surface area contributed by atoms with Crippen molar-refractivity contribution in [1.82, 2.24) is 4.98 Å². The van der Waals surface area contributed by atoms with Crippen molar-refractivity contribution < 1.29 is 18.3 Å². The highest BCUT2D eigenvalue weighted by atomic mass is 35.5. The Hall–Kier alpha value is -2.12. The van der Waals surface area contributed by atoms with Crippen LogP contribution in [-0.4, -0.2) is 24.5 Å². The molecule has 2 aromatic rings. The maximum Gasteiger partial charge on any atom is 0.337 e. The number of hydrogen-bond acceptors (Lipinski definition) is 4. The maximum atomic E-state index is 12.2. The van der Waals surface area contributed by atoms with Crippen LogP contribution < -0.4 is 4.72 Å². The molecule has 0 bridgehead atoms. The fourth-order valence-electron chi connectivity index (χ4n) is 1.66. The molecule has 0 aliphatic rings. The average molecular weight is 327 g/mol. The summed E-state index contributed by atoms with van der Waals surface area (Å²) in [6, 6.07) is 6.52. The normalized spacial score (nSPS) is 11.1. The van der Waals surface area contributed by atoms with Crippen LogP contribution in [0.15, 0.2) is 41.4 Å². The SMILES string of the molecule is Cc1cc(NS(=O)(=O)c2ccc(C(=O)O)c(Cl)c2)ccn1. The first-order valence-corrected chi connectivity index (χ1v) is 7.64. The Bertz CT molecular complexity index is 806. The molecule has 0 saturated heterocycles. The molecule has 1 heterocycles. The van der Waals surface area contributed by atoms with Crippen LogP contribution in [-0.2, 0) is 10.0 Å². The molecular formula is C13H11ClN2O4S. The van der Waals surface area contributed by atoms with Gasteiger partial charge in [0.25, 0.3) is 10.0 Å². The minimum Gasteiger partial charge on any atom is -0.478 e. The number of aromatic carboxylic acids is 1. The Morgan fingerprint density at radius 1 is 1.29 bits per heavy atom. The van der Waals surface area contributed by atoms with E-state index in [-0.39, 0.29) is 15.5 Å². The number of nitrogens with one attached hydrogen (secondary N) is 1. The van der Waals surface area contributed by atoms with Gasteiger partial charge in [-0.05, 0) is 37.3 Å². The van der Waals surface area contributed by atoms with Crippen molar-refractivity contribution in [3.63, 3.8) is 0 Å². The van der Waals surface area contributed by atoms with E-state index >= 15 is 0 Å². The van der Waals surface area contributed by atoms with E-state index < -0.39 is 16.0 Å². The molecule has 1 aromatic carbocycles. The molecule has 0 atom stereocenters. The smallest absolute Gasteiger partial charge is 0.337 e. The van der Waals surface area contributed by atoms with Gasteiger partial charge in [-0.15, -0.1) is 0 Å². The van der Waals surface area contributed by atoms with Gasteiger partial charge in [0.2, 0.25) is 0 Å². The van der Waals surface area contributed by atoms with E-state index in [0.29, 0.717) is 11.4 Å². The second-order valence-corrected chi connectivity index (χ2v) is 6.33. The van der Waals surface area contributed by atoms with E-state index in [1.165, 1.54) is 18.3 Å². The molecule has 0 radical (unpaired) electrons. The Morgan fingerprint density at radius 2 is 2.00 bits per heavy atom. The minimum atomic E-state index is -3.85. The summed E-state index contributed by atoms with van der Waals surface area (Å²) in [4.78, 5) is 14.7. The van der Waals surface area contributed by atoms with Gasteiger partial charge < -0.3 is 5.11 Å². The first-order chi connectivity index (χ1) is 9.79. The van der Waals surface area contributed by atoms with Gasteiger partial charge in [0.1, 0.15) is 0 Å². The Labute approximate surface area is 126 Å². The van der Waals surface area contributed by atoms with E-state index in [0.717, 1.165) is 12.1 Å². The zero-order valence-electron chi connectivity index (χ0n) is 10.9. The monoisotopic (exact) mass is 326 g/mol. The van der Waals surface area contributed by atoms with Crippen molar-refractivity contribution in [3.05, 3.63) is 52.8 Å². The van der Waals surface area contributed by atoms with E-state index in [1.807, 2.05) is 0 Å². The molecule has 1 aromatic heterocycles. The number of benzene rings is 1. The highest BCUT2D eigenvalue weighted by molar-refractivity contribution is 7.92. The van der Waals surface area contributed by atoms with Gasteiger partial charge in [-0.3, -0.25) is 9.71 Å². The summed E-state index contributed by atoms with van der Waals surface area (Å²) in [5.41, 5.74) is 0.866. The third-order valence-corrected chi connectivity index (χ3v) is 4.32. The molecule has 0 amide bonds. The zero-order chi connectivity index (χ0) is 15.6. The Kier molecular flexibility index (Phi) is 4.15. The van der Waals surface area contributed by atoms with Gasteiger partial charge in [-0.2, -0.15) is 0 Å². The summed E-state index contributed by atoms with van der Waals surface area (Å²) in [5, 5.41) is 8.73. The molecule has 0 fully saturated rings. The summed E-state index contributed by atoms with van der Waals surface area (Å²) >= 11 is 5.78. The molecule has 0 spiro atoms. The van der Waals surface area contributed by atoms with Crippen molar-refractivity contribution in [3.8, 4) is 0 Å². The lowest BCUT2D eigenvalue weighted by Gasteiger charge is -2.09. The van der Waals surface area contributed by atoms with Gasteiger partial charge in [-0.25, -0.2) is 13.2 Å². The number of carboxylic acid groups (broad SMARTS) is 1. The summed E-state index contributed by atoms with van der Waals surface area (Å²) < 4.78 is 26.8. The van der Waals surface area contributed by atoms with Crippen LogP contribution in [0.4, 0.5) is 5.69 Å². The highest BCUT2D eigenvalue weighted by Gasteiger charge is 2.18. The quantitative estimate of drug-likeness (QED) is 0.900. The predicted molar refractivity (Wildman–Crippen MR) is 78.2 cm³/mol. The van der Waals surface area contributed by atoms with Gasteiger partial charge >= 0.3 is 5.97 Å². The molecule has 21 heavy (non-hydrogen) atoms. The third-order valence-electron chi connectivity index (χ3n) is 2.63. The lowest BCUT2D eigenvalue weighted by Crippen LogP contribution is -2.13. The Morgan fingerprint density at radius 3 is 2.57 bits per heavy atom. The van der Waals surface area contributed by atoms with Gasteiger partial charge in [0.15, 0.2) is 0 Å². The van der Waals surface area contributed by atoms with Crippen LogP contribution in [0.3, 0.4) is 0 Å². The van der Waals surface area contributed by atoms with Crippen LogP contribution in [0.25, 0.3) is 0 Å². The molecule has 2 N–H and O–H groups in total. The van der Waals surface area contributed by atoms with Gasteiger partial charge in [0.05, 0.1) is 21.2 Å².